The summed E-state index contributed by atoms with van der Waals surface area (Å²) in [5, 5.41) is 11.2. The van der Waals surface area contributed by atoms with Crippen LogP contribution in [0.3, 0.4) is 0 Å². The second-order valence-electron chi connectivity index (χ2n) is 3.57. The third-order valence-corrected chi connectivity index (χ3v) is 2.17. The van der Waals surface area contributed by atoms with E-state index in [2.05, 4.69) is 10.1 Å². The zero-order valence-electron chi connectivity index (χ0n) is 8.16. The van der Waals surface area contributed by atoms with Crippen LogP contribution in [0.15, 0.2) is 0 Å². The third kappa shape index (κ3) is 3.74. The van der Waals surface area contributed by atoms with Gasteiger partial charge in [0, 0.05) is 7.11 Å². The van der Waals surface area contributed by atoms with E-state index in [1.165, 1.54) is 7.11 Å². The highest BCUT2D eigenvalue weighted by Crippen LogP contribution is 2.33. The van der Waals surface area contributed by atoms with Crippen LogP contribution >= 0.6 is 0 Å². The first-order chi connectivity index (χ1) is 6.63. The summed E-state index contributed by atoms with van der Waals surface area (Å²) in [6, 6.07) is -0.759. The molecule has 1 unspecified atom stereocenters. The van der Waals surface area contributed by atoms with E-state index >= 15 is 0 Å². The van der Waals surface area contributed by atoms with E-state index in [0.717, 1.165) is 12.8 Å². The van der Waals surface area contributed by atoms with Crippen molar-refractivity contribution in [3.05, 3.63) is 0 Å². The molecule has 1 atom stereocenters. The lowest BCUT2D eigenvalue weighted by Crippen LogP contribution is -2.42. The summed E-state index contributed by atoms with van der Waals surface area (Å²) >= 11 is 0. The van der Waals surface area contributed by atoms with E-state index in [4.69, 9.17) is 5.11 Å². The first-order valence-electron chi connectivity index (χ1n) is 4.64. The molecule has 0 bridgehead atoms. The second kappa shape index (κ2) is 4.95. The highest BCUT2D eigenvalue weighted by molar-refractivity contribution is 5.84. The van der Waals surface area contributed by atoms with Crippen molar-refractivity contribution in [3.63, 3.8) is 0 Å². The Morgan fingerprint density at radius 2 is 2.21 bits per heavy atom. The van der Waals surface area contributed by atoms with Gasteiger partial charge in [0.2, 0.25) is 5.91 Å². The Hall–Kier alpha value is -1.10. The molecular weight excluding hydrogens is 186 g/mol. The summed E-state index contributed by atoms with van der Waals surface area (Å²) in [7, 11) is 1.40. The number of carboxylic acids is 1. The summed E-state index contributed by atoms with van der Waals surface area (Å²) in [6.45, 7) is -0.0888. The molecule has 0 aromatic rings. The highest BCUT2D eigenvalue weighted by atomic mass is 16.5. The number of aliphatic carboxylic acids is 1. The van der Waals surface area contributed by atoms with Crippen LogP contribution in [0.1, 0.15) is 19.3 Å². The maximum absolute atomic E-state index is 11.1. The molecule has 0 aromatic heterocycles. The Morgan fingerprint density at radius 3 is 2.64 bits per heavy atom. The Labute approximate surface area is 82.4 Å². The Balaban J connectivity index is 2.33. The summed E-state index contributed by atoms with van der Waals surface area (Å²) in [5.41, 5.74) is 0. The maximum Gasteiger partial charge on any atom is 0.326 e. The van der Waals surface area contributed by atoms with Gasteiger partial charge in [0.1, 0.15) is 12.6 Å². The van der Waals surface area contributed by atoms with Gasteiger partial charge in [-0.2, -0.15) is 0 Å². The molecule has 0 aromatic carbocycles. The predicted octanol–water partition coefficient (Wildman–Crippen LogP) is 0.00230. The number of hydrogen-bond donors (Lipinski definition) is 2. The largest absolute Gasteiger partial charge is 0.480 e. The van der Waals surface area contributed by atoms with E-state index in [1.807, 2.05) is 0 Å². The highest BCUT2D eigenvalue weighted by Gasteiger charge is 2.29. The normalized spacial score (nSPS) is 17.5. The number of rotatable bonds is 6. The molecule has 1 aliphatic rings. The number of amides is 1. The number of nitrogens with one attached hydrogen (secondary N) is 1. The van der Waals surface area contributed by atoms with Crippen molar-refractivity contribution in [2.24, 2.45) is 5.92 Å². The van der Waals surface area contributed by atoms with E-state index in [1.54, 1.807) is 0 Å². The molecule has 0 aliphatic heterocycles. The minimum atomic E-state index is -0.971. The fourth-order valence-electron chi connectivity index (χ4n) is 1.28. The van der Waals surface area contributed by atoms with E-state index in [9.17, 15) is 9.59 Å². The summed E-state index contributed by atoms with van der Waals surface area (Å²) in [4.78, 5) is 21.8. The molecule has 0 saturated heterocycles. The molecule has 2 N–H and O–H groups in total. The lowest BCUT2D eigenvalue weighted by molar-refractivity contribution is -0.142. The van der Waals surface area contributed by atoms with Crippen LogP contribution in [0, 0.1) is 5.92 Å². The smallest absolute Gasteiger partial charge is 0.326 e. The number of carboxylic acid groups (broad SMARTS) is 1. The van der Waals surface area contributed by atoms with Gasteiger partial charge >= 0.3 is 5.97 Å². The quantitative estimate of drug-likeness (QED) is 0.634. The number of carbonyl (C=O) groups excluding carboxylic acids is 1. The van der Waals surface area contributed by atoms with Crippen LogP contribution in [0.4, 0.5) is 0 Å². The fraction of sp³-hybridized carbons (Fsp3) is 0.778. The molecule has 5 nitrogen and oxygen atoms in total. The molecule has 1 fully saturated rings. The molecule has 80 valence electrons. The van der Waals surface area contributed by atoms with Crippen LogP contribution in [0.2, 0.25) is 0 Å². The maximum atomic E-state index is 11.1. The van der Waals surface area contributed by atoms with Gasteiger partial charge in [0.15, 0.2) is 0 Å². The Morgan fingerprint density at radius 1 is 1.57 bits per heavy atom. The standard InChI is InChI=1S/C9H15NO4/c1-14-5-8(11)10-7(9(12)13)4-6-2-3-6/h6-7H,2-5H2,1H3,(H,10,11)(H,12,13). The van der Waals surface area contributed by atoms with Gasteiger partial charge < -0.3 is 15.2 Å². The molecule has 14 heavy (non-hydrogen) atoms. The van der Waals surface area contributed by atoms with Crippen LogP contribution in [-0.2, 0) is 14.3 Å². The second-order valence-corrected chi connectivity index (χ2v) is 3.57. The van der Waals surface area contributed by atoms with Gasteiger partial charge in [0.25, 0.3) is 0 Å². The van der Waals surface area contributed by atoms with E-state index < -0.39 is 12.0 Å². The van der Waals surface area contributed by atoms with Crippen molar-refractivity contribution in [2.45, 2.75) is 25.3 Å². The zero-order chi connectivity index (χ0) is 10.6. The SMILES string of the molecule is COCC(=O)NC(CC1CC1)C(=O)O. The average Bonchev–Trinajstić information content (AvgIpc) is 2.87. The van der Waals surface area contributed by atoms with Gasteiger partial charge in [0.05, 0.1) is 0 Å². The van der Waals surface area contributed by atoms with Crippen molar-refractivity contribution >= 4 is 11.9 Å². The fourth-order valence-corrected chi connectivity index (χ4v) is 1.28. The molecule has 1 rings (SSSR count). The topological polar surface area (TPSA) is 75.6 Å². The van der Waals surface area contributed by atoms with Crippen molar-refractivity contribution in [1.29, 1.82) is 0 Å². The van der Waals surface area contributed by atoms with E-state index in [0.29, 0.717) is 12.3 Å². The van der Waals surface area contributed by atoms with E-state index in [-0.39, 0.29) is 12.5 Å². The van der Waals surface area contributed by atoms with Gasteiger partial charge in [-0.3, -0.25) is 4.79 Å². The van der Waals surface area contributed by atoms with Gasteiger partial charge in [-0.1, -0.05) is 12.8 Å². The molecule has 0 heterocycles. The number of ether oxygens (including phenoxy) is 1. The lowest BCUT2D eigenvalue weighted by Gasteiger charge is -2.13. The summed E-state index contributed by atoms with van der Waals surface area (Å²) < 4.78 is 4.60. The lowest BCUT2D eigenvalue weighted by atomic mass is 10.1. The zero-order valence-corrected chi connectivity index (χ0v) is 8.16. The van der Waals surface area contributed by atoms with Crippen LogP contribution < -0.4 is 5.32 Å². The number of hydrogen-bond acceptors (Lipinski definition) is 3. The minimum Gasteiger partial charge on any atom is -0.480 e. The molecule has 5 heteroatoms. The first-order valence-corrected chi connectivity index (χ1v) is 4.64. The van der Waals surface area contributed by atoms with Gasteiger partial charge in [-0.05, 0) is 12.3 Å². The van der Waals surface area contributed by atoms with Crippen LogP contribution in [0.25, 0.3) is 0 Å². The molecule has 0 spiro atoms. The monoisotopic (exact) mass is 201 g/mol. The van der Waals surface area contributed by atoms with Crippen LogP contribution in [0.5, 0.6) is 0 Å². The molecule has 0 radical (unpaired) electrons. The van der Waals surface area contributed by atoms with Crippen molar-refractivity contribution < 1.29 is 19.4 Å². The molecule has 1 amide bonds. The molecule has 1 saturated carbocycles. The van der Waals surface area contributed by atoms with Gasteiger partial charge in [-0.25, -0.2) is 4.79 Å². The van der Waals surface area contributed by atoms with Crippen molar-refractivity contribution in [3.8, 4) is 0 Å². The van der Waals surface area contributed by atoms with Crippen molar-refractivity contribution in [2.75, 3.05) is 13.7 Å². The molecular formula is C9H15NO4. The average molecular weight is 201 g/mol. The summed E-state index contributed by atoms with van der Waals surface area (Å²) in [6.07, 6.45) is 2.68. The number of methoxy groups -OCH3 is 1. The summed E-state index contributed by atoms with van der Waals surface area (Å²) in [5.74, 6) is -0.874. The van der Waals surface area contributed by atoms with Crippen LogP contribution in [-0.4, -0.2) is 36.7 Å². The number of carbonyl (C=O) groups is 2. The predicted molar refractivity (Wildman–Crippen MR) is 48.8 cm³/mol. The van der Waals surface area contributed by atoms with Gasteiger partial charge in [-0.15, -0.1) is 0 Å². The first kappa shape index (κ1) is 11.0. The minimum absolute atomic E-state index is 0.0888. The Kier molecular flexibility index (Phi) is 3.88. The van der Waals surface area contributed by atoms with Crippen molar-refractivity contribution in [1.82, 2.24) is 5.32 Å². The Bertz CT molecular complexity index is 225. The molecule has 1 aliphatic carbocycles. The third-order valence-electron chi connectivity index (χ3n) is 2.17.